The summed E-state index contributed by atoms with van der Waals surface area (Å²) in [6.07, 6.45) is -1.62. The number of nitrogens with one attached hydrogen (secondary N) is 1. The fourth-order valence-corrected chi connectivity index (χ4v) is 3.82. The molecule has 1 N–H and O–H groups in total. The van der Waals surface area contributed by atoms with Gasteiger partial charge in [0.2, 0.25) is 0 Å². The maximum Gasteiger partial charge on any atom is 0.414 e. The Morgan fingerprint density at radius 1 is 1.24 bits per heavy atom. The van der Waals surface area contributed by atoms with E-state index in [1.807, 2.05) is 0 Å². The zero-order chi connectivity index (χ0) is 23.9. The zero-order valence-corrected chi connectivity index (χ0v) is 16.6. The summed E-state index contributed by atoms with van der Waals surface area (Å²) in [6, 6.07) is 1.33. The number of benzene rings is 1. The molecule has 0 spiro atoms. The van der Waals surface area contributed by atoms with Crippen molar-refractivity contribution in [3.63, 3.8) is 0 Å². The number of morpholine rings is 1. The van der Waals surface area contributed by atoms with Gasteiger partial charge in [-0.2, -0.15) is 0 Å². The summed E-state index contributed by atoms with van der Waals surface area (Å²) >= 11 is 6.93. The molecule has 10 heteroatoms. The summed E-state index contributed by atoms with van der Waals surface area (Å²) in [5.41, 5.74) is -0.411. The number of cyclic esters (lactones) is 1. The third-order valence-corrected chi connectivity index (χ3v) is 5.52. The van der Waals surface area contributed by atoms with Gasteiger partial charge in [0.25, 0.3) is 11.8 Å². The van der Waals surface area contributed by atoms with E-state index < -0.39 is 42.3 Å². The molecule has 1 aromatic carbocycles. The van der Waals surface area contributed by atoms with Gasteiger partial charge in [-0.25, -0.2) is 4.79 Å². The van der Waals surface area contributed by atoms with Crippen molar-refractivity contribution >= 4 is 52.2 Å². The monoisotopic (exact) mass is 439 g/mol. The molecule has 3 heterocycles. The van der Waals surface area contributed by atoms with Crippen LogP contribution in [0.4, 0.5) is 16.2 Å². The van der Waals surface area contributed by atoms with Crippen LogP contribution in [-0.2, 0) is 14.3 Å². The largest absolute Gasteiger partial charge is 0.442 e. The third-order valence-electron chi connectivity index (χ3n) is 4.29. The molecule has 2 aliphatic heterocycles. The molecule has 0 aliphatic carbocycles. The van der Waals surface area contributed by atoms with Crippen LogP contribution in [-0.4, -0.2) is 56.9 Å². The van der Waals surface area contributed by atoms with Gasteiger partial charge >= 0.3 is 6.09 Å². The molecule has 1 aromatic heterocycles. The number of thiophene rings is 1. The van der Waals surface area contributed by atoms with Crippen molar-refractivity contribution in [2.75, 3.05) is 42.6 Å². The third kappa shape index (κ3) is 4.36. The normalized spacial score (nSPS) is 21.3. The molecular formula is C19H18ClN3O5S. The maximum atomic E-state index is 12.5. The standard InChI is InChI=1S/C19H18ClN3O5S/c20-16-6-5-15(29-16)18(25)21-9-14-10-23(19(26)28-14)13-3-1-12(2-4-13)22-7-8-27-11-17(22)24/h1-6,14H,7-11H2,(H,21,25)/t14-/m0/s1/i1D,2D,3D,4D. The molecule has 0 bridgehead atoms. The fourth-order valence-electron chi connectivity index (χ4n) is 2.86. The molecule has 2 fully saturated rings. The van der Waals surface area contributed by atoms with Gasteiger partial charge < -0.3 is 19.7 Å². The highest BCUT2D eigenvalue weighted by molar-refractivity contribution is 7.18. The Labute approximate surface area is 181 Å². The molecule has 0 unspecified atom stereocenters. The quantitative estimate of drug-likeness (QED) is 0.773. The number of nitrogens with zero attached hydrogens (tertiary/aromatic N) is 2. The lowest BCUT2D eigenvalue weighted by Crippen LogP contribution is -2.41. The van der Waals surface area contributed by atoms with Gasteiger partial charge in [0.05, 0.1) is 34.4 Å². The van der Waals surface area contributed by atoms with Gasteiger partial charge in [-0.15, -0.1) is 11.3 Å². The highest BCUT2D eigenvalue weighted by Gasteiger charge is 2.33. The smallest absolute Gasteiger partial charge is 0.414 e. The summed E-state index contributed by atoms with van der Waals surface area (Å²) in [5.74, 6) is -0.858. The second-order valence-electron chi connectivity index (χ2n) is 6.23. The molecule has 2 saturated heterocycles. The second-order valence-corrected chi connectivity index (χ2v) is 7.94. The summed E-state index contributed by atoms with van der Waals surface area (Å²) in [5, 5.41) is 2.64. The number of halogens is 1. The number of hydrogen-bond acceptors (Lipinski definition) is 6. The lowest BCUT2D eigenvalue weighted by Gasteiger charge is -2.27. The first-order chi connectivity index (χ1) is 15.7. The molecule has 1 atom stereocenters. The van der Waals surface area contributed by atoms with Crippen molar-refractivity contribution in [1.29, 1.82) is 0 Å². The molecule has 8 nitrogen and oxygen atoms in total. The molecular weight excluding hydrogens is 418 g/mol. The van der Waals surface area contributed by atoms with Gasteiger partial charge in [-0.05, 0) is 36.3 Å². The first-order valence-corrected chi connectivity index (χ1v) is 9.88. The average molecular weight is 440 g/mol. The minimum Gasteiger partial charge on any atom is -0.442 e. The van der Waals surface area contributed by atoms with Crippen molar-refractivity contribution in [3.8, 4) is 0 Å². The lowest BCUT2D eigenvalue weighted by atomic mass is 10.2. The number of carbonyl (C=O) groups excluding carboxylic acids is 3. The Kier molecular flexibility index (Phi) is 4.42. The molecule has 152 valence electrons. The van der Waals surface area contributed by atoms with Gasteiger partial charge in [0.15, 0.2) is 0 Å². The average Bonchev–Trinajstić information content (AvgIpc) is 3.38. The molecule has 2 aliphatic rings. The van der Waals surface area contributed by atoms with E-state index in [2.05, 4.69) is 5.32 Å². The van der Waals surface area contributed by atoms with Gasteiger partial charge in [-0.3, -0.25) is 14.5 Å². The number of carbonyl (C=O) groups is 3. The predicted octanol–water partition coefficient (Wildman–Crippen LogP) is 2.52. The molecule has 4 rings (SSSR count). The summed E-state index contributed by atoms with van der Waals surface area (Å²) in [7, 11) is 0. The summed E-state index contributed by atoms with van der Waals surface area (Å²) in [4.78, 5) is 39.4. The Bertz CT molecular complexity index is 1120. The van der Waals surface area contributed by atoms with Crippen LogP contribution < -0.4 is 15.1 Å². The topological polar surface area (TPSA) is 88.2 Å². The van der Waals surface area contributed by atoms with E-state index in [4.69, 9.17) is 26.6 Å². The van der Waals surface area contributed by atoms with Crippen LogP contribution in [0.2, 0.25) is 4.34 Å². The number of ether oxygens (including phenoxy) is 2. The van der Waals surface area contributed by atoms with Crippen LogP contribution in [0.1, 0.15) is 15.2 Å². The van der Waals surface area contributed by atoms with Crippen molar-refractivity contribution in [1.82, 2.24) is 5.32 Å². The molecule has 29 heavy (non-hydrogen) atoms. The molecule has 2 aromatic rings. The van der Waals surface area contributed by atoms with Crippen molar-refractivity contribution in [2.45, 2.75) is 6.10 Å². The van der Waals surface area contributed by atoms with Crippen LogP contribution in [0.5, 0.6) is 0 Å². The number of rotatable bonds is 5. The van der Waals surface area contributed by atoms with E-state index in [1.54, 1.807) is 12.1 Å². The molecule has 0 saturated carbocycles. The first kappa shape index (κ1) is 15.3. The van der Waals surface area contributed by atoms with E-state index in [0.717, 1.165) is 21.1 Å². The Morgan fingerprint density at radius 2 is 1.97 bits per heavy atom. The maximum absolute atomic E-state index is 12.5. The van der Waals surface area contributed by atoms with E-state index in [1.165, 1.54) is 0 Å². The van der Waals surface area contributed by atoms with E-state index in [-0.39, 0.29) is 50.1 Å². The summed E-state index contributed by atoms with van der Waals surface area (Å²) in [6.45, 7) is -0.0188. The van der Waals surface area contributed by atoms with Crippen LogP contribution in [0.15, 0.2) is 36.3 Å². The van der Waals surface area contributed by atoms with Crippen LogP contribution in [0.25, 0.3) is 0 Å². The van der Waals surface area contributed by atoms with Crippen LogP contribution in [0, 0.1) is 0 Å². The molecule has 3 amide bonds. The minimum atomic E-state index is -0.857. The van der Waals surface area contributed by atoms with Crippen molar-refractivity contribution in [3.05, 3.63) is 45.5 Å². The number of hydrogen-bond donors (Lipinski definition) is 1. The van der Waals surface area contributed by atoms with Crippen LogP contribution >= 0.6 is 22.9 Å². The van der Waals surface area contributed by atoms with E-state index >= 15 is 0 Å². The Balaban J connectivity index is 1.54. The van der Waals surface area contributed by atoms with Crippen LogP contribution in [0.3, 0.4) is 0 Å². The first-order valence-electron chi connectivity index (χ1n) is 10.7. The minimum absolute atomic E-state index is 0.0148. The van der Waals surface area contributed by atoms with Crippen molar-refractivity contribution < 1.29 is 29.3 Å². The molecule has 0 radical (unpaired) electrons. The van der Waals surface area contributed by atoms with E-state index in [0.29, 0.717) is 9.21 Å². The van der Waals surface area contributed by atoms with Gasteiger partial charge in [0, 0.05) is 17.9 Å². The van der Waals surface area contributed by atoms with E-state index in [9.17, 15) is 14.4 Å². The number of amides is 3. The Hall–Kier alpha value is -2.62. The number of anilines is 2. The highest BCUT2D eigenvalue weighted by atomic mass is 35.5. The second kappa shape index (κ2) is 8.40. The fraction of sp³-hybridized carbons (Fsp3) is 0.316. The predicted molar refractivity (Wildman–Crippen MR) is 109 cm³/mol. The highest BCUT2D eigenvalue weighted by Crippen LogP contribution is 2.26. The Morgan fingerprint density at radius 3 is 2.62 bits per heavy atom. The van der Waals surface area contributed by atoms with Gasteiger partial charge in [-0.1, -0.05) is 11.6 Å². The SMILES string of the molecule is [2H]c1c([2H])c(N2C[C@H](CNC(=O)c3ccc(Cl)s3)OC2=O)c([2H])c([2H])c1N1CCOCC1=O. The zero-order valence-electron chi connectivity index (χ0n) is 19.0. The lowest BCUT2D eigenvalue weighted by molar-refractivity contribution is -0.125. The van der Waals surface area contributed by atoms with Gasteiger partial charge in [0.1, 0.15) is 12.7 Å². The summed E-state index contributed by atoms with van der Waals surface area (Å²) < 4.78 is 44.2. The van der Waals surface area contributed by atoms with Crippen molar-refractivity contribution in [2.24, 2.45) is 0 Å².